The molecule has 1 aromatic rings. The first-order chi connectivity index (χ1) is 5.88. The summed E-state index contributed by atoms with van der Waals surface area (Å²) in [4.78, 5) is 3.27. The predicted octanol–water partition coefficient (Wildman–Crippen LogP) is 1.14. The quantitative estimate of drug-likeness (QED) is 0.701. The van der Waals surface area contributed by atoms with Crippen molar-refractivity contribution < 1.29 is 17.9 Å². The van der Waals surface area contributed by atoms with Crippen molar-refractivity contribution in [2.45, 2.75) is 6.36 Å². The van der Waals surface area contributed by atoms with Crippen molar-refractivity contribution in [1.29, 1.82) is 0 Å². The molecule has 0 radical (unpaired) electrons. The molecule has 7 heteroatoms. The summed E-state index contributed by atoms with van der Waals surface area (Å²) in [6.07, 6.45) is -4.77. The molecule has 4 nitrogen and oxygen atoms in total. The Hall–Kier alpha value is -1.66. The van der Waals surface area contributed by atoms with E-state index in [-0.39, 0.29) is 11.5 Å². The lowest BCUT2D eigenvalue weighted by Crippen LogP contribution is -2.18. The zero-order valence-electron chi connectivity index (χ0n) is 6.30. The number of nitrogens with two attached hydrogens (primary N) is 2. The highest BCUT2D eigenvalue weighted by Gasteiger charge is 2.31. The number of nitrogens with zero attached hydrogens (tertiary/aromatic N) is 1. The molecule has 1 rings (SSSR count). The van der Waals surface area contributed by atoms with Gasteiger partial charge in [-0.2, -0.15) is 4.98 Å². The fraction of sp³-hybridized carbons (Fsp3) is 0.167. The fourth-order valence-corrected chi connectivity index (χ4v) is 0.642. The lowest BCUT2D eigenvalue weighted by molar-refractivity contribution is -0.276. The van der Waals surface area contributed by atoms with E-state index in [0.717, 1.165) is 6.07 Å². The zero-order chi connectivity index (χ0) is 10.1. The van der Waals surface area contributed by atoms with Gasteiger partial charge in [-0.15, -0.1) is 13.2 Å². The molecule has 0 aliphatic carbocycles. The van der Waals surface area contributed by atoms with Crippen LogP contribution in [0.15, 0.2) is 12.1 Å². The maximum atomic E-state index is 11.6. The number of aromatic nitrogens is 1. The van der Waals surface area contributed by atoms with Gasteiger partial charge in [-0.25, -0.2) is 0 Å². The maximum Gasteiger partial charge on any atom is 0.574 e. The standard InChI is InChI=1S/C6H6F3N3O/c7-6(8,9)13-4-2-1-3(10)5(11)12-4/h1-2H,10H2,(H2,11,12). The number of halogens is 3. The monoisotopic (exact) mass is 193 g/mol. The van der Waals surface area contributed by atoms with Crippen LogP contribution in [0.25, 0.3) is 0 Å². The summed E-state index contributed by atoms with van der Waals surface area (Å²) >= 11 is 0. The third kappa shape index (κ3) is 2.69. The minimum Gasteiger partial charge on any atom is -0.396 e. The Labute approximate surface area is 71.3 Å². The molecule has 0 aliphatic rings. The first-order valence-electron chi connectivity index (χ1n) is 3.16. The van der Waals surface area contributed by atoms with Crippen molar-refractivity contribution in [3.63, 3.8) is 0 Å². The molecule has 4 N–H and O–H groups in total. The Morgan fingerprint density at radius 1 is 1.23 bits per heavy atom. The molecule has 13 heavy (non-hydrogen) atoms. The highest BCUT2D eigenvalue weighted by atomic mass is 19.4. The summed E-state index contributed by atoms with van der Waals surface area (Å²) in [5.74, 6) is -0.819. The van der Waals surface area contributed by atoms with Gasteiger partial charge in [-0.3, -0.25) is 0 Å². The molecule has 0 aliphatic heterocycles. The molecular formula is C6H6F3N3O. The number of rotatable bonds is 1. The lowest BCUT2D eigenvalue weighted by Gasteiger charge is -2.08. The molecule has 72 valence electrons. The number of hydrogen-bond donors (Lipinski definition) is 2. The molecule has 1 aromatic heterocycles. The van der Waals surface area contributed by atoms with Gasteiger partial charge in [0.1, 0.15) is 0 Å². The Kier molecular flexibility index (Phi) is 2.18. The molecule has 0 aromatic carbocycles. The van der Waals surface area contributed by atoms with Crippen molar-refractivity contribution in [2.75, 3.05) is 11.5 Å². The van der Waals surface area contributed by atoms with Crippen LogP contribution < -0.4 is 16.2 Å². The van der Waals surface area contributed by atoms with Gasteiger partial charge in [0.25, 0.3) is 0 Å². The Bertz CT molecular complexity index is 312. The fourth-order valence-electron chi connectivity index (χ4n) is 0.642. The molecule has 0 bridgehead atoms. The van der Waals surface area contributed by atoms with Crippen LogP contribution in [0, 0.1) is 0 Å². The van der Waals surface area contributed by atoms with E-state index in [9.17, 15) is 13.2 Å². The first kappa shape index (κ1) is 9.43. The molecule has 1 heterocycles. The summed E-state index contributed by atoms with van der Waals surface area (Å²) in [5, 5.41) is 0. The molecule has 0 amide bonds. The number of alkyl halides is 3. The third-order valence-electron chi connectivity index (χ3n) is 1.15. The van der Waals surface area contributed by atoms with E-state index >= 15 is 0 Å². The van der Waals surface area contributed by atoms with Crippen molar-refractivity contribution in [1.82, 2.24) is 4.98 Å². The number of ether oxygens (including phenoxy) is 1. The van der Waals surface area contributed by atoms with Crippen LogP contribution in [0.2, 0.25) is 0 Å². The van der Waals surface area contributed by atoms with Gasteiger partial charge in [0.15, 0.2) is 5.82 Å². The smallest absolute Gasteiger partial charge is 0.396 e. The number of hydrogen-bond acceptors (Lipinski definition) is 4. The maximum absolute atomic E-state index is 11.6. The zero-order valence-corrected chi connectivity index (χ0v) is 6.30. The van der Waals surface area contributed by atoms with E-state index < -0.39 is 12.2 Å². The summed E-state index contributed by atoms with van der Waals surface area (Å²) in [6.45, 7) is 0. The topological polar surface area (TPSA) is 74.2 Å². The van der Waals surface area contributed by atoms with Crippen LogP contribution in [0.3, 0.4) is 0 Å². The predicted molar refractivity (Wildman–Crippen MR) is 39.7 cm³/mol. The normalized spacial score (nSPS) is 11.3. The van der Waals surface area contributed by atoms with Crippen molar-refractivity contribution >= 4 is 11.5 Å². The molecule has 0 fully saturated rings. The van der Waals surface area contributed by atoms with Gasteiger partial charge in [-0.05, 0) is 6.07 Å². The second-order valence-electron chi connectivity index (χ2n) is 2.17. The average molecular weight is 193 g/mol. The molecule has 0 saturated heterocycles. The van der Waals surface area contributed by atoms with E-state index in [4.69, 9.17) is 11.5 Å². The van der Waals surface area contributed by atoms with E-state index in [0.29, 0.717) is 0 Å². The van der Waals surface area contributed by atoms with Crippen LogP contribution in [-0.4, -0.2) is 11.3 Å². The largest absolute Gasteiger partial charge is 0.574 e. The number of pyridine rings is 1. The Balaban J connectivity index is 2.86. The van der Waals surface area contributed by atoms with Crippen molar-refractivity contribution in [2.24, 2.45) is 0 Å². The second kappa shape index (κ2) is 3.00. The molecule has 0 spiro atoms. The van der Waals surface area contributed by atoms with Gasteiger partial charge in [0, 0.05) is 6.07 Å². The van der Waals surface area contributed by atoms with Crippen molar-refractivity contribution in [3.05, 3.63) is 12.1 Å². The van der Waals surface area contributed by atoms with Gasteiger partial charge in [0.2, 0.25) is 5.88 Å². The number of anilines is 2. The molecule has 0 saturated carbocycles. The Morgan fingerprint density at radius 2 is 1.85 bits per heavy atom. The minimum absolute atomic E-state index is 0.106. The van der Waals surface area contributed by atoms with Crippen LogP contribution >= 0.6 is 0 Å². The lowest BCUT2D eigenvalue weighted by atomic mass is 10.4. The van der Waals surface area contributed by atoms with Gasteiger partial charge in [0.05, 0.1) is 5.69 Å². The average Bonchev–Trinajstić information content (AvgIpc) is 1.94. The highest BCUT2D eigenvalue weighted by Crippen LogP contribution is 2.23. The molecule has 0 atom stereocenters. The van der Waals surface area contributed by atoms with E-state index in [1.54, 1.807) is 0 Å². The van der Waals surface area contributed by atoms with Crippen LogP contribution in [0.5, 0.6) is 5.88 Å². The Morgan fingerprint density at radius 3 is 2.31 bits per heavy atom. The summed E-state index contributed by atoms with van der Waals surface area (Å²) in [6, 6.07) is 2.17. The third-order valence-corrected chi connectivity index (χ3v) is 1.15. The minimum atomic E-state index is -4.77. The molecule has 0 unspecified atom stereocenters. The van der Waals surface area contributed by atoms with Crippen LogP contribution in [-0.2, 0) is 0 Å². The highest BCUT2D eigenvalue weighted by molar-refractivity contribution is 5.58. The van der Waals surface area contributed by atoms with Crippen molar-refractivity contribution in [3.8, 4) is 5.88 Å². The van der Waals surface area contributed by atoms with E-state index in [1.165, 1.54) is 6.07 Å². The number of nitrogen functional groups attached to an aromatic ring is 2. The van der Waals surface area contributed by atoms with Crippen LogP contribution in [0.1, 0.15) is 0 Å². The van der Waals surface area contributed by atoms with Gasteiger partial charge < -0.3 is 16.2 Å². The SMILES string of the molecule is Nc1ccc(OC(F)(F)F)nc1N. The summed E-state index contributed by atoms with van der Waals surface area (Å²) < 4.78 is 38.4. The van der Waals surface area contributed by atoms with Gasteiger partial charge in [-0.1, -0.05) is 0 Å². The second-order valence-corrected chi connectivity index (χ2v) is 2.17. The summed E-state index contributed by atoms with van der Waals surface area (Å²) in [7, 11) is 0. The summed E-state index contributed by atoms with van der Waals surface area (Å²) in [5.41, 5.74) is 10.5. The van der Waals surface area contributed by atoms with E-state index in [1.807, 2.05) is 0 Å². The molecular weight excluding hydrogens is 187 g/mol. The van der Waals surface area contributed by atoms with Gasteiger partial charge >= 0.3 is 6.36 Å². The van der Waals surface area contributed by atoms with Crippen LogP contribution in [0.4, 0.5) is 24.7 Å². The van der Waals surface area contributed by atoms with E-state index in [2.05, 4.69) is 9.72 Å². The first-order valence-corrected chi connectivity index (χ1v) is 3.16.